The zero-order valence-electron chi connectivity index (χ0n) is 28.8. The second kappa shape index (κ2) is 16.3. The highest BCUT2D eigenvalue weighted by Gasteiger charge is 2.49. The monoisotopic (exact) mass is 712 g/mol. The van der Waals surface area contributed by atoms with Crippen molar-refractivity contribution in [2.24, 2.45) is 79.3 Å². The fraction of sp³-hybridized carbons (Fsp3) is 1.00. The molecule has 0 aliphatic heterocycles. The maximum absolute atomic E-state index is 12.3. The molecular weight excluding hydrogens is 653 g/mol. The molecule has 6 rings (SSSR count). The van der Waals surface area contributed by atoms with Crippen LogP contribution in [0, 0.1) is 47.3 Å². The highest BCUT2D eigenvalue weighted by atomic mass is 32.2. The van der Waals surface area contributed by atoms with Gasteiger partial charge in [0.1, 0.15) is 0 Å². The third kappa shape index (κ3) is 8.32. The minimum absolute atomic E-state index is 0.00795. The van der Waals surface area contributed by atoms with Crippen LogP contribution in [-0.2, 0) is 19.5 Å². The minimum Gasteiger partial charge on any atom is -0.326 e. The summed E-state index contributed by atoms with van der Waals surface area (Å²) in [5.41, 5.74) is 13.5. The molecule has 0 aromatic carbocycles. The molecule has 16 unspecified atom stereocenters. The molecule has 0 radical (unpaired) electrons. The summed E-state index contributed by atoms with van der Waals surface area (Å²) in [6.45, 7) is 4.61. The van der Waals surface area contributed by atoms with Gasteiger partial charge in [0, 0.05) is 29.4 Å². The van der Waals surface area contributed by atoms with Gasteiger partial charge in [-0.15, -0.1) is 4.33 Å². The second-order valence-electron chi connectivity index (χ2n) is 16.5. The average Bonchev–Trinajstić information content (AvgIpc) is 3.07. The van der Waals surface area contributed by atoms with Crippen molar-refractivity contribution in [1.29, 1.82) is 0 Å². The molecule has 0 heterocycles. The average molecular weight is 713 g/mol. The van der Waals surface area contributed by atoms with E-state index in [9.17, 15) is 13.0 Å². The van der Waals surface area contributed by atoms with Crippen LogP contribution in [0.2, 0.25) is 0 Å². The van der Waals surface area contributed by atoms with Crippen LogP contribution in [0.15, 0.2) is 20.5 Å². The molecule has 6 N–H and O–H groups in total. The number of rotatable bonds is 9. The molecule has 6 aliphatic carbocycles. The first kappa shape index (κ1) is 37.0. The lowest BCUT2D eigenvalue weighted by atomic mass is 9.66. The number of nitrogens with two attached hydrogens (primary N) is 2. The molecule has 274 valence electrons. The van der Waals surface area contributed by atoms with Crippen LogP contribution >= 0.6 is 12.0 Å². The quantitative estimate of drug-likeness (QED) is 0.0639. The van der Waals surface area contributed by atoms with E-state index in [2.05, 4.69) is 18.9 Å². The van der Waals surface area contributed by atoms with Crippen molar-refractivity contribution in [3.05, 3.63) is 0 Å². The van der Waals surface area contributed by atoms with E-state index in [-0.39, 0.29) is 59.8 Å². The molecular formula is C34H60N6O6S2. The summed E-state index contributed by atoms with van der Waals surface area (Å²) in [6.07, 6.45) is 16.1. The van der Waals surface area contributed by atoms with Crippen LogP contribution < -0.4 is 11.5 Å². The molecule has 0 saturated heterocycles. The molecule has 0 aromatic heterocycles. The highest BCUT2D eigenvalue weighted by molar-refractivity contribution is 7.95. The predicted molar refractivity (Wildman–Crippen MR) is 185 cm³/mol. The first-order valence-corrected chi connectivity index (χ1v) is 21.3. The van der Waals surface area contributed by atoms with E-state index >= 15 is 0 Å². The molecule has 0 aromatic rings. The summed E-state index contributed by atoms with van der Waals surface area (Å²) in [7, 11) is -4.15. The fourth-order valence-corrected chi connectivity index (χ4v) is 13.2. The smallest absolute Gasteiger partial charge is 0.268 e. The lowest BCUT2D eigenvalue weighted by Gasteiger charge is -2.46. The van der Waals surface area contributed by atoms with E-state index in [1.165, 1.54) is 24.9 Å². The summed E-state index contributed by atoms with van der Waals surface area (Å²) in [5.74, 6) is 3.07. The largest absolute Gasteiger partial charge is 0.326 e. The van der Waals surface area contributed by atoms with Gasteiger partial charge in [-0.05, 0) is 124 Å². The summed E-state index contributed by atoms with van der Waals surface area (Å²) in [4.78, 5) is 0. The maximum atomic E-state index is 12.3. The van der Waals surface area contributed by atoms with E-state index in [1.807, 2.05) is 0 Å². The SMILES string of the molecule is CC1CC(C2CCC(N=NC3CC(S(=O)(=O)O)C4CCCCC4C3N)C(C)C2)CCC1N=NC1CC(SOOO)C2CCCCC2C1N. The third-order valence-corrected chi connectivity index (χ3v) is 16.1. The summed E-state index contributed by atoms with van der Waals surface area (Å²) in [6, 6.07) is -0.238. The lowest BCUT2D eigenvalue weighted by Crippen LogP contribution is -2.55. The van der Waals surface area contributed by atoms with Gasteiger partial charge in [0.15, 0.2) is 0 Å². The molecule has 0 spiro atoms. The molecule has 12 nitrogen and oxygen atoms in total. The maximum Gasteiger partial charge on any atom is 0.268 e. The molecule has 48 heavy (non-hydrogen) atoms. The summed E-state index contributed by atoms with van der Waals surface area (Å²) < 4.78 is 39.5. The van der Waals surface area contributed by atoms with Gasteiger partial charge in [-0.3, -0.25) is 4.55 Å². The van der Waals surface area contributed by atoms with E-state index in [0.29, 0.717) is 35.5 Å². The Morgan fingerprint density at radius 3 is 1.58 bits per heavy atom. The minimum atomic E-state index is -4.15. The highest BCUT2D eigenvalue weighted by Crippen LogP contribution is 2.48. The topological polar surface area (TPSA) is 195 Å². The van der Waals surface area contributed by atoms with Gasteiger partial charge in [0.2, 0.25) is 0 Å². The Kier molecular flexibility index (Phi) is 12.6. The zero-order chi connectivity index (χ0) is 34.0. The molecule has 6 fully saturated rings. The van der Waals surface area contributed by atoms with E-state index in [4.69, 9.17) is 41.5 Å². The van der Waals surface area contributed by atoms with E-state index in [0.717, 1.165) is 83.5 Å². The van der Waals surface area contributed by atoms with Crippen molar-refractivity contribution < 1.29 is 27.6 Å². The molecule has 6 aliphatic rings. The van der Waals surface area contributed by atoms with Crippen molar-refractivity contribution in [2.45, 2.75) is 163 Å². The number of hydrogen-bond donors (Lipinski definition) is 4. The number of fused-ring (bicyclic) bond motifs is 2. The molecule has 0 amide bonds. The van der Waals surface area contributed by atoms with Crippen molar-refractivity contribution in [3.8, 4) is 0 Å². The molecule has 14 heteroatoms. The van der Waals surface area contributed by atoms with Crippen LogP contribution in [0.25, 0.3) is 0 Å². The van der Waals surface area contributed by atoms with E-state index in [1.54, 1.807) is 0 Å². The van der Waals surface area contributed by atoms with Crippen LogP contribution in [0.4, 0.5) is 0 Å². The van der Waals surface area contributed by atoms with Crippen molar-refractivity contribution in [3.63, 3.8) is 0 Å². The van der Waals surface area contributed by atoms with Crippen LogP contribution in [-0.4, -0.2) is 65.0 Å². The van der Waals surface area contributed by atoms with Crippen molar-refractivity contribution >= 4 is 22.2 Å². The van der Waals surface area contributed by atoms with Gasteiger partial charge in [0.05, 0.1) is 29.4 Å². The number of hydrogen-bond acceptors (Lipinski definition) is 12. The summed E-state index contributed by atoms with van der Waals surface area (Å²) >= 11 is 1.20. The number of azo groups is 2. The van der Waals surface area contributed by atoms with Crippen LogP contribution in [0.1, 0.15) is 117 Å². The fourth-order valence-electron chi connectivity index (χ4n) is 11.1. The van der Waals surface area contributed by atoms with Crippen molar-refractivity contribution in [1.82, 2.24) is 0 Å². The van der Waals surface area contributed by atoms with E-state index < -0.39 is 15.4 Å². The Morgan fingerprint density at radius 2 is 1.08 bits per heavy atom. The normalized spacial score (nSPS) is 47.5. The van der Waals surface area contributed by atoms with Crippen LogP contribution in [0.3, 0.4) is 0 Å². The van der Waals surface area contributed by atoms with Gasteiger partial charge < -0.3 is 11.5 Å². The van der Waals surface area contributed by atoms with Gasteiger partial charge in [0.25, 0.3) is 10.1 Å². The predicted octanol–water partition coefficient (Wildman–Crippen LogP) is 7.01. The van der Waals surface area contributed by atoms with Gasteiger partial charge in [-0.25, -0.2) is 5.26 Å². The zero-order valence-corrected chi connectivity index (χ0v) is 30.5. The Bertz CT molecular complexity index is 1230. The first-order valence-electron chi connectivity index (χ1n) is 19.0. The van der Waals surface area contributed by atoms with Gasteiger partial charge in [-0.1, -0.05) is 44.6 Å². The standard InChI is InChI=1S/C34H60N6O6S2/c1-19-15-21(11-13-27(19)37-39-29-17-31(47-46-45-41)23-7-3-5-9-25(23)33(29)35)22-12-14-28(20(2)16-22)38-40-30-18-32(48(42,43)44)24-8-4-6-10-26(24)34(30)36/h19-34,41H,3-18,35-36H2,1-2H3,(H,42,43,44). The Morgan fingerprint density at radius 1 is 0.625 bits per heavy atom. The second-order valence-corrected chi connectivity index (χ2v) is 19.1. The first-order chi connectivity index (χ1) is 23.0. The Hall–Kier alpha value is -0.740. The molecule has 16 atom stereocenters. The molecule has 0 bridgehead atoms. The Balaban J connectivity index is 1.00. The third-order valence-electron chi connectivity index (χ3n) is 13.8. The molecule has 6 saturated carbocycles. The Labute approximate surface area is 291 Å². The van der Waals surface area contributed by atoms with Gasteiger partial charge >= 0.3 is 0 Å². The number of nitrogens with zero attached hydrogens (tertiary/aromatic N) is 4. The van der Waals surface area contributed by atoms with Crippen LogP contribution in [0.5, 0.6) is 0 Å². The van der Waals surface area contributed by atoms with Crippen molar-refractivity contribution in [2.75, 3.05) is 0 Å². The summed E-state index contributed by atoms with van der Waals surface area (Å²) in [5, 5.41) is 31.5. The van der Waals surface area contributed by atoms with Gasteiger partial charge in [-0.2, -0.15) is 28.9 Å². The lowest BCUT2D eigenvalue weighted by molar-refractivity contribution is -0.432.